The molecule has 0 bridgehead atoms. The summed E-state index contributed by atoms with van der Waals surface area (Å²) < 4.78 is 0. The molecule has 0 N–H and O–H groups in total. The van der Waals surface area contributed by atoms with Crippen LogP contribution in [0.5, 0.6) is 0 Å². The molecule has 1 saturated carbocycles. The number of fused-ring (bicyclic) bond motifs is 1. The van der Waals surface area contributed by atoms with Crippen LogP contribution in [0.2, 0.25) is 0 Å². The van der Waals surface area contributed by atoms with E-state index in [4.69, 9.17) is 4.99 Å². The molecule has 0 unspecified atom stereocenters. The summed E-state index contributed by atoms with van der Waals surface area (Å²) in [6, 6.07) is 15.5. The molecule has 4 rings (SSSR count). The molecule has 1 aliphatic carbocycles. The highest BCUT2D eigenvalue weighted by molar-refractivity contribution is 5.99. The number of aliphatic imine (C=N–C) groups is 1. The Hall–Kier alpha value is -2.94. The van der Waals surface area contributed by atoms with Gasteiger partial charge < -0.3 is 4.90 Å². The fourth-order valence-corrected chi connectivity index (χ4v) is 4.36. The lowest BCUT2D eigenvalue weighted by atomic mass is 9.94. The highest BCUT2D eigenvalue weighted by atomic mass is 15.1. The average molecular weight is 384 g/mol. The lowest BCUT2D eigenvalue weighted by molar-refractivity contribution is 0.284. The Morgan fingerprint density at radius 1 is 1.10 bits per heavy atom. The largest absolute Gasteiger partial charge is 0.363 e. The van der Waals surface area contributed by atoms with Crippen molar-refractivity contribution in [3.8, 4) is 0 Å². The van der Waals surface area contributed by atoms with Crippen molar-refractivity contribution >= 4 is 28.9 Å². The second kappa shape index (κ2) is 9.04. The molecule has 0 saturated heterocycles. The average Bonchev–Trinajstić information content (AvgIpc) is 2.79. The van der Waals surface area contributed by atoms with Gasteiger partial charge in [0.1, 0.15) is 0 Å². The van der Waals surface area contributed by atoms with Crippen LogP contribution >= 0.6 is 0 Å². The van der Waals surface area contributed by atoms with E-state index >= 15 is 0 Å². The van der Waals surface area contributed by atoms with Crippen LogP contribution in [0.15, 0.2) is 66.4 Å². The molecule has 1 fully saturated rings. The summed E-state index contributed by atoms with van der Waals surface area (Å²) in [6.45, 7) is 4.06. The fraction of sp³-hybridized carbons (Fsp3) is 0.308. The maximum Gasteiger partial charge on any atom is 0.0912 e. The number of benzene rings is 2. The van der Waals surface area contributed by atoms with E-state index in [1.807, 2.05) is 30.9 Å². The molecular weight excluding hydrogens is 354 g/mol. The van der Waals surface area contributed by atoms with Gasteiger partial charge in [-0.05, 0) is 47.9 Å². The molecule has 0 amide bonds. The van der Waals surface area contributed by atoms with Crippen molar-refractivity contribution in [3.63, 3.8) is 0 Å². The Morgan fingerprint density at radius 3 is 2.62 bits per heavy atom. The summed E-state index contributed by atoms with van der Waals surface area (Å²) in [5.74, 6) is 0. The molecule has 1 aromatic heterocycles. The van der Waals surface area contributed by atoms with Gasteiger partial charge in [0.2, 0.25) is 0 Å². The van der Waals surface area contributed by atoms with E-state index in [1.165, 1.54) is 54.0 Å². The predicted octanol–water partition coefficient (Wildman–Crippen LogP) is 6.39. The smallest absolute Gasteiger partial charge is 0.0912 e. The quantitative estimate of drug-likeness (QED) is 0.364. The molecular formula is C26H29N3. The predicted molar refractivity (Wildman–Crippen MR) is 124 cm³/mol. The molecule has 29 heavy (non-hydrogen) atoms. The Labute approximate surface area is 173 Å². The Balaban J connectivity index is 1.71. The van der Waals surface area contributed by atoms with Crippen LogP contribution in [-0.2, 0) is 6.42 Å². The van der Waals surface area contributed by atoms with Gasteiger partial charge in [0.05, 0.1) is 12.0 Å². The number of aromatic nitrogens is 1. The first-order valence-electron chi connectivity index (χ1n) is 10.6. The van der Waals surface area contributed by atoms with Crippen LogP contribution in [0.4, 0.5) is 5.69 Å². The molecule has 3 heteroatoms. The van der Waals surface area contributed by atoms with Gasteiger partial charge in [-0.15, -0.1) is 0 Å². The zero-order valence-corrected chi connectivity index (χ0v) is 17.2. The summed E-state index contributed by atoms with van der Waals surface area (Å²) >= 11 is 0. The summed E-state index contributed by atoms with van der Waals surface area (Å²) in [6.07, 6.45) is 15.1. The molecule has 0 spiro atoms. The first kappa shape index (κ1) is 19.4. The van der Waals surface area contributed by atoms with E-state index in [-0.39, 0.29) is 0 Å². The van der Waals surface area contributed by atoms with Crippen molar-refractivity contribution in [2.24, 2.45) is 4.99 Å². The topological polar surface area (TPSA) is 28.5 Å². The van der Waals surface area contributed by atoms with Crippen molar-refractivity contribution in [2.75, 3.05) is 7.05 Å². The van der Waals surface area contributed by atoms with Gasteiger partial charge in [-0.25, -0.2) is 4.99 Å². The highest BCUT2D eigenvalue weighted by Crippen LogP contribution is 2.34. The van der Waals surface area contributed by atoms with Crippen molar-refractivity contribution < 1.29 is 0 Å². The summed E-state index contributed by atoms with van der Waals surface area (Å²) in [4.78, 5) is 11.5. The number of hydrogen-bond donors (Lipinski definition) is 0. The fourth-order valence-electron chi connectivity index (χ4n) is 4.36. The molecule has 3 aromatic rings. The summed E-state index contributed by atoms with van der Waals surface area (Å²) in [7, 11) is 2.16. The van der Waals surface area contributed by atoms with E-state index in [0.717, 1.165) is 17.7 Å². The number of nitrogens with zero attached hydrogens (tertiary/aromatic N) is 3. The molecule has 0 aliphatic heterocycles. The van der Waals surface area contributed by atoms with Crippen LogP contribution in [0.3, 0.4) is 0 Å². The molecule has 0 radical (unpaired) electrons. The standard InChI is InChI=1S/C26H29N3/c1-3-21-17-22(16-20-10-9-15-27-18-20)24-13-7-8-14-25(24)26(21)28-19-29(2)23-11-5-4-6-12-23/h3,7-10,13-15,17-19,23H,1,4-6,11-12,16H2,2H3. The van der Waals surface area contributed by atoms with E-state index in [1.54, 1.807) is 0 Å². The maximum absolute atomic E-state index is 4.95. The van der Waals surface area contributed by atoms with Gasteiger partial charge in [0.15, 0.2) is 0 Å². The summed E-state index contributed by atoms with van der Waals surface area (Å²) in [5.41, 5.74) is 4.58. The van der Waals surface area contributed by atoms with E-state index in [9.17, 15) is 0 Å². The minimum Gasteiger partial charge on any atom is -0.363 e. The minimum atomic E-state index is 0.607. The van der Waals surface area contributed by atoms with E-state index in [2.05, 4.69) is 59.9 Å². The SMILES string of the molecule is C=Cc1cc(Cc2cccnc2)c2ccccc2c1N=CN(C)C1CCCCC1. The van der Waals surface area contributed by atoms with Crippen LogP contribution in [0.1, 0.15) is 48.8 Å². The van der Waals surface area contributed by atoms with Crippen LogP contribution < -0.4 is 0 Å². The molecule has 1 aliphatic rings. The van der Waals surface area contributed by atoms with Gasteiger partial charge in [-0.1, -0.05) is 62.2 Å². The second-order valence-corrected chi connectivity index (χ2v) is 7.96. The number of pyridine rings is 1. The Morgan fingerprint density at radius 2 is 1.90 bits per heavy atom. The van der Waals surface area contributed by atoms with Gasteiger partial charge in [-0.2, -0.15) is 0 Å². The van der Waals surface area contributed by atoms with Crippen LogP contribution in [-0.4, -0.2) is 29.3 Å². The van der Waals surface area contributed by atoms with Gasteiger partial charge in [0, 0.05) is 36.4 Å². The van der Waals surface area contributed by atoms with Crippen molar-refractivity contribution in [1.82, 2.24) is 9.88 Å². The lowest BCUT2D eigenvalue weighted by Gasteiger charge is -2.29. The molecule has 3 nitrogen and oxygen atoms in total. The van der Waals surface area contributed by atoms with E-state index < -0.39 is 0 Å². The third-order valence-corrected chi connectivity index (χ3v) is 5.99. The Bertz CT molecular complexity index is 1000. The highest BCUT2D eigenvalue weighted by Gasteiger charge is 2.16. The molecule has 2 aromatic carbocycles. The van der Waals surface area contributed by atoms with Crippen LogP contribution in [0, 0.1) is 0 Å². The first-order valence-corrected chi connectivity index (χ1v) is 10.6. The molecule has 1 heterocycles. The molecule has 148 valence electrons. The van der Waals surface area contributed by atoms with Crippen molar-refractivity contribution in [1.29, 1.82) is 0 Å². The number of hydrogen-bond acceptors (Lipinski definition) is 2. The van der Waals surface area contributed by atoms with E-state index in [0.29, 0.717) is 6.04 Å². The zero-order valence-electron chi connectivity index (χ0n) is 17.2. The maximum atomic E-state index is 4.95. The Kier molecular flexibility index (Phi) is 6.04. The number of rotatable bonds is 6. The minimum absolute atomic E-state index is 0.607. The second-order valence-electron chi connectivity index (χ2n) is 7.96. The van der Waals surface area contributed by atoms with Crippen molar-refractivity contribution in [3.05, 3.63) is 78.1 Å². The van der Waals surface area contributed by atoms with Gasteiger partial charge in [0.25, 0.3) is 0 Å². The normalized spacial score (nSPS) is 15.1. The zero-order chi connectivity index (χ0) is 20.1. The van der Waals surface area contributed by atoms with Gasteiger partial charge in [-0.3, -0.25) is 4.98 Å². The monoisotopic (exact) mass is 383 g/mol. The van der Waals surface area contributed by atoms with Gasteiger partial charge >= 0.3 is 0 Å². The van der Waals surface area contributed by atoms with Crippen LogP contribution in [0.25, 0.3) is 16.8 Å². The summed E-state index contributed by atoms with van der Waals surface area (Å²) in [5, 5.41) is 2.42. The molecule has 0 atom stereocenters. The lowest BCUT2D eigenvalue weighted by Crippen LogP contribution is -2.32. The van der Waals surface area contributed by atoms with Crippen molar-refractivity contribution in [2.45, 2.75) is 44.6 Å². The first-order chi connectivity index (χ1) is 14.3. The third kappa shape index (κ3) is 4.40. The third-order valence-electron chi connectivity index (χ3n) is 5.99.